The zero-order valence-electron chi connectivity index (χ0n) is 21.2. The topological polar surface area (TPSA) is 121 Å². The summed E-state index contributed by atoms with van der Waals surface area (Å²) in [5.41, 5.74) is 5.89. The van der Waals surface area contributed by atoms with E-state index < -0.39 is 0 Å². The van der Waals surface area contributed by atoms with Crippen LogP contribution in [0, 0.1) is 19.3 Å². The van der Waals surface area contributed by atoms with Gasteiger partial charge < -0.3 is 26.1 Å². The second-order valence-corrected chi connectivity index (χ2v) is 9.88. The van der Waals surface area contributed by atoms with Crippen molar-refractivity contribution in [3.05, 3.63) is 68.1 Å². The molecule has 1 aliphatic carbocycles. The molecule has 0 spiro atoms. The number of H-pyrrole nitrogens is 1. The van der Waals surface area contributed by atoms with E-state index in [9.17, 15) is 14.7 Å². The molecule has 0 radical (unpaired) electrons. The first-order valence-corrected chi connectivity index (χ1v) is 12.8. The van der Waals surface area contributed by atoms with Crippen LogP contribution in [0.5, 0.6) is 0 Å². The summed E-state index contributed by atoms with van der Waals surface area (Å²) in [4.78, 5) is 30.9. The van der Waals surface area contributed by atoms with Gasteiger partial charge in [0.05, 0.1) is 12.2 Å². The zero-order chi connectivity index (χ0) is 25.7. The van der Waals surface area contributed by atoms with Gasteiger partial charge in [0.2, 0.25) is 0 Å². The van der Waals surface area contributed by atoms with Crippen molar-refractivity contribution in [2.24, 2.45) is 0 Å². The molecule has 1 aromatic heterocycles. The van der Waals surface area contributed by atoms with Crippen molar-refractivity contribution >= 4 is 23.4 Å². The number of aromatic nitrogens is 1. The van der Waals surface area contributed by atoms with E-state index in [0.29, 0.717) is 29.3 Å². The van der Waals surface area contributed by atoms with Crippen LogP contribution in [0.3, 0.4) is 0 Å². The fourth-order valence-corrected chi connectivity index (χ4v) is 5.27. The molecule has 8 heteroatoms. The first-order valence-electron chi connectivity index (χ1n) is 12.8. The van der Waals surface area contributed by atoms with E-state index in [1.165, 1.54) is 19.1 Å². The Bertz CT molecular complexity index is 1210. The average molecular weight is 492 g/mol. The van der Waals surface area contributed by atoms with Crippen molar-refractivity contribution in [3.63, 3.8) is 0 Å². The van der Waals surface area contributed by atoms with Crippen LogP contribution in [0.1, 0.15) is 70.4 Å². The molecule has 1 amide bonds. The molecule has 0 atom stereocenters. The molecule has 2 aliphatic rings. The zero-order valence-corrected chi connectivity index (χ0v) is 21.2. The molecule has 0 unspecified atom stereocenters. The van der Waals surface area contributed by atoms with Crippen LogP contribution in [0.2, 0.25) is 0 Å². The second kappa shape index (κ2) is 11.7. The lowest BCUT2D eigenvalue weighted by molar-refractivity contribution is 0.0950. The maximum absolute atomic E-state index is 13.4. The van der Waals surface area contributed by atoms with Gasteiger partial charge in [-0.3, -0.25) is 14.5 Å². The van der Waals surface area contributed by atoms with E-state index in [4.69, 9.17) is 5.41 Å². The largest absolute Gasteiger partial charge is 0.395 e. The number of hydrogen-bond acceptors (Lipinski definition) is 6. The van der Waals surface area contributed by atoms with Crippen molar-refractivity contribution in [2.45, 2.75) is 58.5 Å². The number of aliphatic hydroxyl groups excluding tert-OH is 1. The molecule has 8 nitrogen and oxygen atoms in total. The number of carbonyl (C=O) groups is 1. The number of carbonyl (C=O) groups excluding carboxylic acids is 1. The van der Waals surface area contributed by atoms with Crippen LogP contribution >= 0.6 is 0 Å². The van der Waals surface area contributed by atoms with E-state index in [2.05, 4.69) is 32.7 Å². The van der Waals surface area contributed by atoms with Crippen molar-refractivity contribution < 1.29 is 9.90 Å². The standard InChI is InChI=1S/C28H37N5O3/c1-18-13-19(2)31-28(36)25(18)17-30-27(35)23-14-21(20-7-9-33(10-8-20)11-12-34)15-26(24(23)16-29)32-22-5-3-4-6-22/h7,13-16,22,29,32,34H,3-6,8-12,17H2,1-2H3,(H,30,35)(H,31,36). The van der Waals surface area contributed by atoms with Crippen molar-refractivity contribution in [2.75, 3.05) is 31.6 Å². The Morgan fingerprint density at radius 3 is 2.67 bits per heavy atom. The summed E-state index contributed by atoms with van der Waals surface area (Å²) >= 11 is 0. The van der Waals surface area contributed by atoms with E-state index in [1.807, 2.05) is 26.0 Å². The van der Waals surface area contributed by atoms with Crippen LogP contribution in [0.25, 0.3) is 5.57 Å². The predicted molar refractivity (Wildman–Crippen MR) is 144 cm³/mol. The Hall–Kier alpha value is -3.23. The third kappa shape index (κ3) is 5.94. The number of rotatable bonds is 9. The quantitative estimate of drug-likeness (QED) is 0.345. The lowest BCUT2D eigenvalue weighted by atomic mass is 9.93. The molecule has 0 saturated heterocycles. The number of pyridine rings is 1. The van der Waals surface area contributed by atoms with Gasteiger partial charge in [0.15, 0.2) is 0 Å². The number of anilines is 1. The molecule has 1 aromatic carbocycles. The van der Waals surface area contributed by atoms with Gasteiger partial charge in [-0.2, -0.15) is 0 Å². The average Bonchev–Trinajstić information content (AvgIpc) is 3.36. The predicted octanol–water partition coefficient (Wildman–Crippen LogP) is 3.36. The molecule has 2 aromatic rings. The number of aryl methyl sites for hydroxylation is 2. The third-order valence-electron chi connectivity index (χ3n) is 7.28. The highest BCUT2D eigenvalue weighted by Crippen LogP contribution is 2.31. The Labute approximate surface area is 212 Å². The first kappa shape index (κ1) is 25.9. The van der Waals surface area contributed by atoms with E-state index in [-0.39, 0.29) is 24.6 Å². The van der Waals surface area contributed by atoms with E-state index in [0.717, 1.165) is 60.4 Å². The summed E-state index contributed by atoms with van der Waals surface area (Å²) < 4.78 is 0. The summed E-state index contributed by atoms with van der Waals surface area (Å²) in [7, 11) is 0. The second-order valence-electron chi connectivity index (χ2n) is 9.88. The summed E-state index contributed by atoms with van der Waals surface area (Å²) in [6.45, 7) is 6.21. The normalized spacial score (nSPS) is 16.6. The van der Waals surface area contributed by atoms with Gasteiger partial charge in [-0.05, 0) is 68.0 Å². The molecule has 4 rings (SSSR count). The molecule has 1 fully saturated rings. The number of hydrogen-bond donors (Lipinski definition) is 5. The SMILES string of the molecule is Cc1cc(C)c(CNC(=O)c2cc(C3=CCN(CCO)CC3)cc(NC3CCCC3)c2C=N)c(=O)[nH]1. The molecular formula is C28H37N5O3. The van der Waals surface area contributed by atoms with Crippen LogP contribution in [0.4, 0.5) is 5.69 Å². The van der Waals surface area contributed by atoms with Gasteiger partial charge in [0.25, 0.3) is 11.5 Å². The Morgan fingerprint density at radius 1 is 1.25 bits per heavy atom. The third-order valence-corrected chi connectivity index (χ3v) is 7.28. The van der Waals surface area contributed by atoms with Crippen LogP contribution in [-0.4, -0.2) is 59.4 Å². The number of aliphatic hydroxyl groups is 1. The Balaban J connectivity index is 1.65. The van der Waals surface area contributed by atoms with Crippen molar-refractivity contribution in [3.8, 4) is 0 Å². The van der Waals surface area contributed by atoms with Crippen LogP contribution in [-0.2, 0) is 6.54 Å². The minimum atomic E-state index is -0.303. The number of nitrogens with one attached hydrogen (secondary N) is 4. The highest BCUT2D eigenvalue weighted by molar-refractivity contribution is 6.06. The molecule has 0 bridgehead atoms. The van der Waals surface area contributed by atoms with Gasteiger partial charge in [0, 0.05) is 60.9 Å². The summed E-state index contributed by atoms with van der Waals surface area (Å²) in [5, 5.41) is 23.9. The molecule has 1 saturated carbocycles. The summed E-state index contributed by atoms with van der Waals surface area (Å²) in [6, 6.07) is 6.17. The Morgan fingerprint density at radius 2 is 2.03 bits per heavy atom. The lowest BCUT2D eigenvalue weighted by Crippen LogP contribution is -2.31. The molecule has 2 heterocycles. The smallest absolute Gasteiger partial charge is 0.253 e. The molecule has 36 heavy (non-hydrogen) atoms. The fourth-order valence-electron chi connectivity index (χ4n) is 5.27. The minimum Gasteiger partial charge on any atom is -0.395 e. The van der Waals surface area contributed by atoms with Crippen LogP contribution in [0.15, 0.2) is 29.1 Å². The van der Waals surface area contributed by atoms with Crippen molar-refractivity contribution in [1.29, 1.82) is 5.41 Å². The maximum atomic E-state index is 13.4. The highest BCUT2D eigenvalue weighted by Gasteiger charge is 2.22. The number of β-amino-alcohol motifs (C(OH)–C–C–N with tert-alkyl or cyclic N) is 1. The summed E-state index contributed by atoms with van der Waals surface area (Å²) in [6.07, 6.45) is 8.76. The van der Waals surface area contributed by atoms with Crippen LogP contribution < -0.4 is 16.2 Å². The molecule has 192 valence electrons. The number of nitrogens with zero attached hydrogens (tertiary/aromatic N) is 1. The van der Waals surface area contributed by atoms with Gasteiger partial charge >= 0.3 is 0 Å². The van der Waals surface area contributed by atoms with Gasteiger partial charge in [-0.15, -0.1) is 0 Å². The van der Waals surface area contributed by atoms with Gasteiger partial charge in [0.1, 0.15) is 0 Å². The van der Waals surface area contributed by atoms with E-state index in [1.54, 1.807) is 0 Å². The maximum Gasteiger partial charge on any atom is 0.253 e. The molecular weight excluding hydrogens is 454 g/mol. The molecule has 1 aliphatic heterocycles. The number of aromatic amines is 1. The number of benzene rings is 1. The minimum absolute atomic E-state index is 0.117. The number of amides is 1. The summed E-state index contributed by atoms with van der Waals surface area (Å²) in [5.74, 6) is -0.303. The first-order chi connectivity index (χ1) is 17.4. The monoisotopic (exact) mass is 491 g/mol. The Kier molecular flexibility index (Phi) is 8.38. The van der Waals surface area contributed by atoms with Gasteiger partial charge in [-0.25, -0.2) is 0 Å². The fraction of sp³-hybridized carbons (Fsp3) is 0.464. The molecule has 5 N–H and O–H groups in total. The van der Waals surface area contributed by atoms with Gasteiger partial charge in [-0.1, -0.05) is 18.9 Å². The van der Waals surface area contributed by atoms with Crippen molar-refractivity contribution in [1.82, 2.24) is 15.2 Å². The lowest BCUT2D eigenvalue weighted by Gasteiger charge is -2.26. The highest BCUT2D eigenvalue weighted by atomic mass is 16.3. The van der Waals surface area contributed by atoms with E-state index >= 15 is 0 Å².